The number of hydrogen-bond donors (Lipinski definition) is 0. The molecule has 14 heteroatoms. The Morgan fingerprint density at radius 1 is 0.250 bits per heavy atom. The average molecular weight is 1220 g/mol. The van der Waals surface area contributed by atoms with Gasteiger partial charge in [-0.15, -0.1) is 0 Å². The van der Waals surface area contributed by atoms with Crippen LogP contribution in [0.3, 0.4) is 0 Å². The van der Waals surface area contributed by atoms with E-state index in [2.05, 4.69) is 69.8 Å². The highest BCUT2D eigenvalue weighted by Crippen LogP contribution is 2.46. The summed E-state index contributed by atoms with van der Waals surface area (Å²) in [7, 11) is 0. The molecular weight excluding hydrogens is 1180 g/mol. The third-order valence-electron chi connectivity index (χ3n) is 17.4. The molecule has 14 nitrogen and oxygen atoms in total. The van der Waals surface area contributed by atoms with Gasteiger partial charge in [0.1, 0.15) is 0 Å². The topological polar surface area (TPSA) is 252 Å². The molecule has 0 radical (unpaired) electrons. The fourth-order valence-electron chi connectivity index (χ4n) is 12.9. The second kappa shape index (κ2) is 23.8. The quantitative estimate of drug-likeness (QED) is 0.124. The van der Waals surface area contributed by atoms with Gasteiger partial charge in [-0.25, -0.2) is 15.0 Å². The van der Waals surface area contributed by atoms with Gasteiger partial charge in [0.05, 0.1) is 127 Å². The van der Waals surface area contributed by atoms with E-state index in [1.165, 1.54) is 0 Å². The summed E-state index contributed by atoms with van der Waals surface area (Å²) in [5.41, 5.74) is 16.5. The maximum absolute atomic E-state index is 10.5. The minimum absolute atomic E-state index is 0.333. The fraction of sp³-hybridized carbons (Fsp3) is 0. The summed E-state index contributed by atoms with van der Waals surface area (Å²) in [6.07, 6.45) is 3.59. The maximum atomic E-state index is 10.5. The zero-order valence-corrected chi connectivity index (χ0v) is 50.4. The van der Waals surface area contributed by atoms with Crippen molar-refractivity contribution in [1.82, 2.24) is 29.1 Å². The SMILES string of the molecule is N#Cc1ccc(-c2ccc3c(c2)c2cc(-c4ccc(C#N)cc4C#N)ccc2n3-c2ccncc2-c2cc(-c3nc(-c4ccccc4)nc(-c4ccccc4)n3)ccc2-n2c3ccc(-c4ccc(C#N)cc4C#N)cc3c3cc(-c4ccc(C#N)cc4C#N)ccc32)c(C#N)c1. The number of nitrogens with zero attached hydrogens (tertiary/aromatic N) is 14. The van der Waals surface area contributed by atoms with Gasteiger partial charge in [0.25, 0.3) is 0 Å². The van der Waals surface area contributed by atoms with Crippen LogP contribution in [-0.2, 0) is 0 Å². The number of hydrogen-bond acceptors (Lipinski definition) is 12. The summed E-state index contributed by atoms with van der Waals surface area (Å²) in [6.45, 7) is 0. The Kier molecular flexibility index (Phi) is 14.3. The van der Waals surface area contributed by atoms with Crippen LogP contribution in [0.2, 0.25) is 0 Å². The summed E-state index contributed by atoms with van der Waals surface area (Å²) in [5.74, 6) is 1.35. The Balaban J connectivity index is 1.03. The highest BCUT2D eigenvalue weighted by Gasteiger charge is 2.25. The van der Waals surface area contributed by atoms with E-state index in [1.54, 1.807) is 79.0 Å². The molecule has 0 saturated carbocycles. The number of fused-ring (bicyclic) bond motifs is 6. The zero-order valence-electron chi connectivity index (χ0n) is 50.4. The molecule has 0 fully saturated rings. The second-order valence-electron chi connectivity index (χ2n) is 22.7. The van der Waals surface area contributed by atoms with Gasteiger partial charge >= 0.3 is 0 Å². The first-order valence-electron chi connectivity index (χ1n) is 30.1. The molecule has 96 heavy (non-hydrogen) atoms. The number of aromatic nitrogens is 6. The summed E-state index contributed by atoms with van der Waals surface area (Å²) >= 11 is 0. The second-order valence-corrected chi connectivity index (χ2v) is 22.7. The van der Waals surface area contributed by atoms with Gasteiger partial charge in [-0.3, -0.25) is 4.98 Å². The molecule has 0 bridgehead atoms. The van der Waals surface area contributed by atoms with E-state index in [0.717, 1.165) is 88.4 Å². The van der Waals surface area contributed by atoms with Gasteiger partial charge in [0, 0.05) is 61.8 Å². The van der Waals surface area contributed by atoms with Gasteiger partial charge in [0.2, 0.25) is 0 Å². The van der Waals surface area contributed by atoms with Crippen LogP contribution in [0.5, 0.6) is 0 Å². The van der Waals surface area contributed by atoms with Crippen LogP contribution in [0.1, 0.15) is 44.5 Å². The summed E-state index contributed by atoms with van der Waals surface area (Å²) in [4.78, 5) is 20.4. The Hall–Kier alpha value is -14.9. The molecule has 0 atom stereocenters. The molecule has 0 amide bonds. The summed E-state index contributed by atoms with van der Waals surface area (Å²) in [5, 5.41) is 84.6. The maximum Gasteiger partial charge on any atom is 0.164 e. The van der Waals surface area contributed by atoms with Gasteiger partial charge in [-0.1, -0.05) is 109 Å². The number of rotatable bonds is 10. The van der Waals surface area contributed by atoms with Crippen molar-refractivity contribution in [2.45, 2.75) is 0 Å². The Morgan fingerprint density at radius 3 is 0.906 bits per heavy atom. The number of nitriles is 8. The van der Waals surface area contributed by atoms with Crippen molar-refractivity contribution in [2.75, 3.05) is 0 Å². The standard InChI is InChI=1S/C82H40N14/c83-40-49-11-20-64(60(31-49)44-87)55-15-24-74-68(35-55)69-36-56(65-21-12-50(41-84)32-61(65)45-88)16-25-75(69)95(74)78-28-19-59(82-93-80(53-7-3-1-4-8-53)92-81(94-82)54-9-5-2-6-10-54)39-72(78)73-48-91-30-29-79(73)96-76-26-17-57(66-22-13-51(42-85)33-62(66)46-89)37-70(76)71-38-58(18-27-77(71)96)67-23-14-52(43-86)34-63(67)47-90/h1-39,48H. The van der Waals surface area contributed by atoms with E-state index < -0.39 is 0 Å². The first-order valence-corrected chi connectivity index (χ1v) is 30.1. The molecule has 15 aromatic rings. The smallest absolute Gasteiger partial charge is 0.164 e. The lowest BCUT2D eigenvalue weighted by molar-refractivity contribution is 1.07. The van der Waals surface area contributed by atoms with Crippen LogP contribution in [0.4, 0.5) is 0 Å². The van der Waals surface area contributed by atoms with Crippen LogP contribution in [0.25, 0.3) is 145 Å². The van der Waals surface area contributed by atoms with E-state index in [4.69, 9.17) is 19.9 Å². The van der Waals surface area contributed by atoms with E-state index in [9.17, 15) is 42.1 Å². The van der Waals surface area contributed by atoms with Crippen molar-refractivity contribution in [3.63, 3.8) is 0 Å². The van der Waals surface area contributed by atoms with Crippen molar-refractivity contribution in [1.29, 1.82) is 42.1 Å². The van der Waals surface area contributed by atoms with Crippen LogP contribution >= 0.6 is 0 Å². The van der Waals surface area contributed by atoms with E-state index >= 15 is 0 Å². The molecule has 4 aromatic heterocycles. The predicted molar refractivity (Wildman–Crippen MR) is 368 cm³/mol. The minimum Gasteiger partial charge on any atom is -0.309 e. The molecule has 0 aliphatic carbocycles. The van der Waals surface area contributed by atoms with E-state index in [0.29, 0.717) is 101 Å². The average Bonchev–Trinajstić information content (AvgIpc) is 1.57. The van der Waals surface area contributed by atoms with Crippen molar-refractivity contribution < 1.29 is 0 Å². The first-order chi connectivity index (χ1) is 47.2. The monoisotopic (exact) mass is 1220 g/mol. The third kappa shape index (κ3) is 9.87. The van der Waals surface area contributed by atoms with Crippen LogP contribution in [0, 0.1) is 90.6 Å². The third-order valence-corrected chi connectivity index (χ3v) is 17.4. The molecule has 4 heterocycles. The summed E-state index contributed by atoms with van der Waals surface area (Å²) < 4.78 is 4.38. The van der Waals surface area contributed by atoms with Crippen molar-refractivity contribution >= 4 is 43.6 Å². The van der Waals surface area contributed by atoms with E-state index in [1.807, 2.05) is 152 Å². The lowest BCUT2D eigenvalue weighted by atomic mass is 9.95. The van der Waals surface area contributed by atoms with Crippen molar-refractivity contribution in [3.05, 3.63) is 287 Å². The lowest BCUT2D eigenvalue weighted by Crippen LogP contribution is -2.04. The van der Waals surface area contributed by atoms with Crippen LogP contribution in [-0.4, -0.2) is 29.1 Å². The first kappa shape index (κ1) is 57.5. The van der Waals surface area contributed by atoms with E-state index in [-0.39, 0.29) is 0 Å². The Bertz CT molecular complexity index is 5880. The molecule has 0 aliphatic rings. The number of pyridine rings is 1. The van der Waals surface area contributed by atoms with Gasteiger partial charge in [-0.2, -0.15) is 42.1 Å². The zero-order chi connectivity index (χ0) is 65.6. The minimum atomic E-state index is 0.333. The Morgan fingerprint density at radius 2 is 0.573 bits per heavy atom. The number of benzene rings is 11. The lowest BCUT2D eigenvalue weighted by Gasteiger charge is -2.19. The van der Waals surface area contributed by atoms with Crippen LogP contribution in [0.15, 0.2) is 243 Å². The highest BCUT2D eigenvalue weighted by atomic mass is 15.0. The predicted octanol–water partition coefficient (Wildman–Crippen LogP) is 17.8. The summed E-state index contributed by atoms with van der Waals surface area (Å²) in [6, 6.07) is 89.9. The molecule has 0 unspecified atom stereocenters. The molecule has 0 aliphatic heterocycles. The Labute approximate surface area is 549 Å². The molecule has 0 saturated heterocycles. The fourth-order valence-corrected chi connectivity index (χ4v) is 12.9. The van der Waals surface area contributed by atoms with Crippen LogP contribution < -0.4 is 0 Å². The van der Waals surface area contributed by atoms with Crippen molar-refractivity contribution in [2.24, 2.45) is 0 Å². The normalized spacial score (nSPS) is 10.8. The molecule has 438 valence electrons. The molecule has 11 aromatic carbocycles. The molecule has 15 rings (SSSR count). The highest BCUT2D eigenvalue weighted by molar-refractivity contribution is 6.14. The van der Waals surface area contributed by atoms with Gasteiger partial charge < -0.3 is 9.13 Å². The molecule has 0 spiro atoms. The molecule has 0 N–H and O–H groups in total. The van der Waals surface area contributed by atoms with Gasteiger partial charge in [0.15, 0.2) is 17.5 Å². The molecular formula is C82H40N14. The largest absolute Gasteiger partial charge is 0.309 e. The van der Waals surface area contributed by atoms with Crippen molar-refractivity contribution in [3.8, 4) is 150 Å². The van der Waals surface area contributed by atoms with Gasteiger partial charge in [-0.05, 0) is 166 Å².